The third-order valence-corrected chi connectivity index (χ3v) is 4.59. The van der Waals surface area contributed by atoms with Gasteiger partial charge in [-0.3, -0.25) is 4.79 Å². The van der Waals surface area contributed by atoms with Gasteiger partial charge >= 0.3 is 0 Å². The molecular weight excluding hydrogens is 234 g/mol. The van der Waals surface area contributed by atoms with Gasteiger partial charge in [0.2, 0.25) is 5.91 Å². The molecule has 2 fully saturated rings. The van der Waals surface area contributed by atoms with Crippen LogP contribution in [0, 0.1) is 11.8 Å². The van der Waals surface area contributed by atoms with Crippen molar-refractivity contribution >= 4 is 17.5 Å². The zero-order valence-electron chi connectivity index (χ0n) is 10.6. The van der Waals surface area contributed by atoms with Gasteiger partial charge in [0.05, 0.1) is 5.38 Å². The van der Waals surface area contributed by atoms with Crippen LogP contribution in [0.4, 0.5) is 0 Å². The molecular formula is C14H24ClNO. The van der Waals surface area contributed by atoms with Crippen molar-refractivity contribution in [3.63, 3.8) is 0 Å². The summed E-state index contributed by atoms with van der Waals surface area (Å²) in [4.78, 5) is 12.0. The molecule has 2 rings (SSSR count). The fourth-order valence-corrected chi connectivity index (χ4v) is 3.01. The van der Waals surface area contributed by atoms with Crippen LogP contribution >= 0.6 is 11.6 Å². The number of carbonyl (C=O) groups is 1. The lowest BCUT2D eigenvalue weighted by molar-refractivity contribution is -0.125. The number of alkyl halides is 1. The van der Waals surface area contributed by atoms with Crippen molar-refractivity contribution in [2.24, 2.45) is 11.8 Å². The fraction of sp³-hybridized carbons (Fsp3) is 0.929. The molecule has 0 saturated heterocycles. The van der Waals surface area contributed by atoms with E-state index in [4.69, 9.17) is 11.6 Å². The van der Waals surface area contributed by atoms with E-state index >= 15 is 0 Å². The maximum Gasteiger partial charge on any atom is 0.223 e. The van der Waals surface area contributed by atoms with Gasteiger partial charge in [-0.15, -0.1) is 11.6 Å². The Morgan fingerprint density at radius 2 is 1.65 bits per heavy atom. The quantitative estimate of drug-likeness (QED) is 0.768. The van der Waals surface area contributed by atoms with Gasteiger partial charge in [-0.2, -0.15) is 0 Å². The molecule has 17 heavy (non-hydrogen) atoms. The van der Waals surface area contributed by atoms with Crippen molar-refractivity contribution in [2.75, 3.05) is 6.54 Å². The average Bonchev–Trinajstić information content (AvgIpc) is 3.08. The first-order valence-electron chi connectivity index (χ1n) is 7.19. The standard InChI is InChI=1S/C14H24ClNO/c15-13(11-8-9-11)10-16-14(17)12-6-4-2-1-3-5-7-12/h11-13H,1-10H2,(H,16,17). The molecule has 0 aromatic rings. The van der Waals surface area contributed by atoms with E-state index in [1.54, 1.807) is 0 Å². The summed E-state index contributed by atoms with van der Waals surface area (Å²) in [5, 5.41) is 3.21. The molecule has 0 aromatic heterocycles. The normalized spacial score (nSPS) is 24.8. The van der Waals surface area contributed by atoms with Crippen LogP contribution in [0.15, 0.2) is 0 Å². The van der Waals surface area contributed by atoms with Gasteiger partial charge in [-0.05, 0) is 31.6 Å². The number of hydrogen-bond acceptors (Lipinski definition) is 1. The highest BCUT2D eigenvalue weighted by atomic mass is 35.5. The Balaban J connectivity index is 1.69. The van der Waals surface area contributed by atoms with Gasteiger partial charge in [0.15, 0.2) is 0 Å². The Kier molecular flexibility index (Phi) is 5.15. The van der Waals surface area contributed by atoms with Crippen molar-refractivity contribution in [1.29, 1.82) is 0 Å². The van der Waals surface area contributed by atoms with Crippen LogP contribution in [0.25, 0.3) is 0 Å². The summed E-state index contributed by atoms with van der Waals surface area (Å²) in [6, 6.07) is 0. The van der Waals surface area contributed by atoms with Crippen LogP contribution in [0.5, 0.6) is 0 Å². The van der Waals surface area contributed by atoms with E-state index < -0.39 is 0 Å². The zero-order chi connectivity index (χ0) is 12.1. The lowest BCUT2D eigenvalue weighted by Crippen LogP contribution is -2.35. The van der Waals surface area contributed by atoms with Crippen molar-refractivity contribution in [2.45, 2.75) is 63.2 Å². The predicted molar refractivity (Wildman–Crippen MR) is 71.2 cm³/mol. The Morgan fingerprint density at radius 3 is 2.24 bits per heavy atom. The maximum absolute atomic E-state index is 12.0. The number of rotatable bonds is 4. The van der Waals surface area contributed by atoms with E-state index in [1.165, 1.54) is 44.9 Å². The summed E-state index contributed by atoms with van der Waals surface area (Å²) in [7, 11) is 0. The van der Waals surface area contributed by atoms with Gasteiger partial charge in [0.1, 0.15) is 0 Å². The van der Waals surface area contributed by atoms with E-state index in [9.17, 15) is 4.79 Å². The summed E-state index contributed by atoms with van der Waals surface area (Å²) in [6.07, 6.45) is 11.0. The second-order valence-electron chi connectivity index (χ2n) is 5.64. The molecule has 0 aliphatic heterocycles. The Labute approximate surface area is 109 Å². The molecule has 1 atom stereocenters. The minimum absolute atomic E-state index is 0.160. The first-order valence-corrected chi connectivity index (χ1v) is 7.63. The van der Waals surface area contributed by atoms with Crippen LogP contribution in [-0.4, -0.2) is 17.8 Å². The molecule has 1 N–H and O–H groups in total. The molecule has 0 heterocycles. The maximum atomic E-state index is 12.0. The number of halogens is 1. The molecule has 1 amide bonds. The highest BCUT2D eigenvalue weighted by Gasteiger charge is 2.30. The number of nitrogens with one attached hydrogen (secondary N) is 1. The minimum Gasteiger partial charge on any atom is -0.354 e. The summed E-state index contributed by atoms with van der Waals surface area (Å²) in [6.45, 7) is 0.668. The predicted octanol–water partition coefficient (Wildman–Crippen LogP) is 3.48. The average molecular weight is 258 g/mol. The summed E-state index contributed by atoms with van der Waals surface area (Å²) >= 11 is 6.20. The first kappa shape index (κ1) is 13.2. The molecule has 0 aromatic carbocycles. The van der Waals surface area contributed by atoms with E-state index in [2.05, 4.69) is 5.32 Å². The third kappa shape index (κ3) is 4.50. The molecule has 2 aliphatic carbocycles. The number of carbonyl (C=O) groups excluding carboxylic acids is 1. The Morgan fingerprint density at radius 1 is 1.06 bits per heavy atom. The van der Waals surface area contributed by atoms with Gasteiger partial charge in [0, 0.05) is 12.5 Å². The fourth-order valence-electron chi connectivity index (χ4n) is 2.69. The van der Waals surface area contributed by atoms with Crippen molar-refractivity contribution < 1.29 is 4.79 Å². The molecule has 2 saturated carbocycles. The lowest BCUT2D eigenvalue weighted by atomic mass is 9.90. The lowest BCUT2D eigenvalue weighted by Gasteiger charge is -2.20. The zero-order valence-corrected chi connectivity index (χ0v) is 11.3. The highest BCUT2D eigenvalue weighted by Crippen LogP contribution is 2.35. The molecule has 0 spiro atoms. The molecule has 0 bridgehead atoms. The molecule has 0 radical (unpaired) electrons. The van der Waals surface area contributed by atoms with Crippen molar-refractivity contribution in [1.82, 2.24) is 5.32 Å². The topological polar surface area (TPSA) is 29.1 Å². The number of amides is 1. The summed E-state index contributed by atoms with van der Waals surface area (Å²) < 4.78 is 0. The Bertz CT molecular complexity index is 245. The molecule has 98 valence electrons. The first-order chi connectivity index (χ1) is 8.27. The van der Waals surface area contributed by atoms with Crippen LogP contribution in [0.2, 0.25) is 0 Å². The van der Waals surface area contributed by atoms with Gasteiger partial charge in [-0.25, -0.2) is 0 Å². The Hall–Kier alpha value is -0.240. The smallest absolute Gasteiger partial charge is 0.223 e. The molecule has 2 aliphatic rings. The van der Waals surface area contributed by atoms with Crippen LogP contribution in [-0.2, 0) is 4.79 Å². The van der Waals surface area contributed by atoms with Crippen molar-refractivity contribution in [3.8, 4) is 0 Å². The van der Waals surface area contributed by atoms with E-state index in [0.29, 0.717) is 12.5 Å². The minimum atomic E-state index is 0.160. The van der Waals surface area contributed by atoms with Crippen LogP contribution in [0.1, 0.15) is 57.8 Å². The van der Waals surface area contributed by atoms with E-state index in [0.717, 1.165) is 12.8 Å². The molecule has 3 heteroatoms. The highest BCUT2D eigenvalue weighted by molar-refractivity contribution is 6.21. The van der Waals surface area contributed by atoms with E-state index in [-0.39, 0.29) is 17.2 Å². The van der Waals surface area contributed by atoms with Crippen LogP contribution < -0.4 is 5.32 Å². The third-order valence-electron chi connectivity index (χ3n) is 4.08. The summed E-state index contributed by atoms with van der Waals surface area (Å²) in [5.74, 6) is 1.16. The van der Waals surface area contributed by atoms with Crippen molar-refractivity contribution in [3.05, 3.63) is 0 Å². The van der Waals surface area contributed by atoms with E-state index in [1.807, 2.05) is 0 Å². The van der Waals surface area contributed by atoms with Gasteiger partial charge in [-0.1, -0.05) is 32.1 Å². The van der Waals surface area contributed by atoms with Crippen LogP contribution in [0.3, 0.4) is 0 Å². The van der Waals surface area contributed by atoms with Gasteiger partial charge < -0.3 is 5.32 Å². The monoisotopic (exact) mass is 257 g/mol. The second-order valence-corrected chi connectivity index (χ2v) is 6.20. The SMILES string of the molecule is O=C(NCC(Cl)C1CC1)C1CCCCCCC1. The number of hydrogen-bond donors (Lipinski definition) is 1. The largest absolute Gasteiger partial charge is 0.354 e. The molecule has 2 nitrogen and oxygen atoms in total. The molecule has 1 unspecified atom stereocenters. The summed E-state index contributed by atoms with van der Waals surface area (Å²) in [5.41, 5.74) is 0. The van der Waals surface area contributed by atoms with Gasteiger partial charge in [0.25, 0.3) is 0 Å². The second kappa shape index (κ2) is 6.63.